The zero-order valence-electron chi connectivity index (χ0n) is 14.5. The van der Waals surface area contributed by atoms with E-state index >= 15 is 0 Å². The van der Waals surface area contributed by atoms with E-state index in [0.717, 1.165) is 12.8 Å². The molecular formula is C16H28N2O4S. The van der Waals surface area contributed by atoms with Gasteiger partial charge in [-0.15, -0.1) is 11.8 Å². The maximum Gasteiger partial charge on any atom is 0.411 e. The van der Waals surface area contributed by atoms with Crippen molar-refractivity contribution in [1.29, 1.82) is 0 Å². The Morgan fingerprint density at radius 2 is 2.09 bits per heavy atom. The van der Waals surface area contributed by atoms with Crippen molar-refractivity contribution in [3.05, 3.63) is 0 Å². The molecular weight excluding hydrogens is 316 g/mol. The van der Waals surface area contributed by atoms with Crippen LogP contribution in [0.5, 0.6) is 0 Å². The third kappa shape index (κ3) is 5.01. The zero-order valence-corrected chi connectivity index (χ0v) is 15.4. The molecule has 23 heavy (non-hydrogen) atoms. The highest BCUT2D eigenvalue weighted by Crippen LogP contribution is 2.25. The van der Waals surface area contributed by atoms with Gasteiger partial charge in [0.2, 0.25) is 5.91 Å². The van der Waals surface area contributed by atoms with Crippen molar-refractivity contribution in [3.63, 3.8) is 0 Å². The molecule has 132 valence electrons. The largest absolute Gasteiger partial charge is 0.444 e. The predicted octanol–water partition coefficient (Wildman–Crippen LogP) is 2.32. The molecule has 0 bridgehead atoms. The van der Waals surface area contributed by atoms with E-state index in [9.17, 15) is 9.59 Å². The minimum Gasteiger partial charge on any atom is -0.444 e. The molecule has 2 atom stereocenters. The highest BCUT2D eigenvalue weighted by Gasteiger charge is 2.39. The smallest absolute Gasteiger partial charge is 0.411 e. The second-order valence-corrected chi connectivity index (χ2v) is 8.00. The van der Waals surface area contributed by atoms with Crippen molar-refractivity contribution in [2.75, 3.05) is 31.3 Å². The van der Waals surface area contributed by atoms with Gasteiger partial charge in [-0.1, -0.05) is 6.92 Å². The minimum atomic E-state index is -0.554. The van der Waals surface area contributed by atoms with Gasteiger partial charge >= 0.3 is 6.09 Å². The van der Waals surface area contributed by atoms with Gasteiger partial charge in [-0.05, 0) is 33.6 Å². The summed E-state index contributed by atoms with van der Waals surface area (Å²) in [5.74, 6) is 1.16. The number of carbonyl (C=O) groups excluding carboxylic acids is 2. The number of ether oxygens (including phenoxy) is 2. The SMILES string of the molecule is CC[C@@H]1CN(C(=O)[C@@H]2CSCN2C(=O)OC(C)(C)C)CCCO1. The van der Waals surface area contributed by atoms with Crippen LogP contribution < -0.4 is 0 Å². The molecule has 0 aromatic rings. The van der Waals surface area contributed by atoms with E-state index in [-0.39, 0.29) is 12.0 Å². The molecule has 2 heterocycles. The van der Waals surface area contributed by atoms with E-state index in [1.807, 2.05) is 25.7 Å². The van der Waals surface area contributed by atoms with Crippen LogP contribution in [0.25, 0.3) is 0 Å². The molecule has 0 unspecified atom stereocenters. The van der Waals surface area contributed by atoms with Crippen LogP contribution in [0.4, 0.5) is 4.79 Å². The molecule has 2 amide bonds. The van der Waals surface area contributed by atoms with Crippen molar-refractivity contribution in [3.8, 4) is 0 Å². The lowest BCUT2D eigenvalue weighted by molar-refractivity contribution is -0.136. The van der Waals surface area contributed by atoms with Crippen molar-refractivity contribution < 1.29 is 19.1 Å². The molecule has 0 aliphatic carbocycles. The first kappa shape index (κ1) is 18.4. The van der Waals surface area contributed by atoms with Crippen LogP contribution >= 0.6 is 11.8 Å². The fraction of sp³-hybridized carbons (Fsp3) is 0.875. The van der Waals surface area contributed by atoms with Gasteiger partial charge in [0.05, 0.1) is 12.0 Å². The summed E-state index contributed by atoms with van der Waals surface area (Å²) >= 11 is 1.60. The van der Waals surface area contributed by atoms with Crippen molar-refractivity contribution in [1.82, 2.24) is 9.80 Å². The lowest BCUT2D eigenvalue weighted by Gasteiger charge is -2.31. The van der Waals surface area contributed by atoms with Gasteiger partial charge in [-0.3, -0.25) is 9.69 Å². The molecule has 0 saturated carbocycles. The lowest BCUT2D eigenvalue weighted by atomic mass is 10.2. The summed E-state index contributed by atoms with van der Waals surface area (Å²) in [6.07, 6.45) is 1.41. The van der Waals surface area contributed by atoms with Gasteiger partial charge < -0.3 is 14.4 Å². The molecule has 6 nitrogen and oxygen atoms in total. The highest BCUT2D eigenvalue weighted by atomic mass is 32.2. The minimum absolute atomic E-state index is 0.0183. The normalized spacial score (nSPS) is 26.1. The van der Waals surface area contributed by atoms with Crippen LogP contribution in [-0.4, -0.2) is 70.9 Å². The van der Waals surface area contributed by atoms with Crippen LogP contribution in [0.3, 0.4) is 0 Å². The Kier molecular flexibility index (Phi) is 6.19. The molecule has 2 aliphatic rings. The Balaban J connectivity index is 2.03. The van der Waals surface area contributed by atoms with Crippen molar-refractivity contribution in [2.45, 2.75) is 58.3 Å². The van der Waals surface area contributed by atoms with Crippen LogP contribution in [0.1, 0.15) is 40.5 Å². The molecule has 2 rings (SSSR count). The first-order chi connectivity index (χ1) is 10.8. The lowest BCUT2D eigenvalue weighted by Crippen LogP contribution is -2.51. The van der Waals surface area contributed by atoms with Gasteiger partial charge in [-0.25, -0.2) is 4.79 Å². The molecule has 2 aliphatic heterocycles. The Labute approximate surface area is 142 Å². The van der Waals surface area contributed by atoms with Crippen LogP contribution in [-0.2, 0) is 14.3 Å². The van der Waals surface area contributed by atoms with E-state index in [1.54, 1.807) is 16.7 Å². The first-order valence-corrected chi connectivity index (χ1v) is 9.45. The van der Waals surface area contributed by atoms with Gasteiger partial charge in [-0.2, -0.15) is 0 Å². The Morgan fingerprint density at radius 1 is 1.35 bits per heavy atom. The van der Waals surface area contributed by atoms with Crippen LogP contribution in [0.2, 0.25) is 0 Å². The van der Waals surface area contributed by atoms with Crippen LogP contribution in [0, 0.1) is 0 Å². The quantitative estimate of drug-likeness (QED) is 0.769. The van der Waals surface area contributed by atoms with Crippen molar-refractivity contribution in [2.24, 2.45) is 0 Å². The molecule has 7 heteroatoms. The molecule has 2 saturated heterocycles. The highest BCUT2D eigenvalue weighted by molar-refractivity contribution is 7.99. The van der Waals surface area contributed by atoms with Gasteiger partial charge in [0.15, 0.2) is 0 Å². The summed E-state index contributed by atoms with van der Waals surface area (Å²) in [4.78, 5) is 28.7. The summed E-state index contributed by atoms with van der Waals surface area (Å²) in [6, 6.07) is -0.426. The van der Waals surface area contributed by atoms with Crippen LogP contribution in [0.15, 0.2) is 0 Å². The Hall–Kier alpha value is -0.950. The summed E-state index contributed by atoms with van der Waals surface area (Å²) in [5.41, 5.74) is -0.554. The molecule has 0 spiro atoms. The summed E-state index contributed by atoms with van der Waals surface area (Å²) in [5, 5.41) is 0. The average Bonchev–Trinajstić information content (AvgIpc) is 2.83. The molecule has 0 N–H and O–H groups in total. The maximum absolute atomic E-state index is 12.9. The predicted molar refractivity (Wildman–Crippen MR) is 90.4 cm³/mol. The number of carbonyl (C=O) groups is 2. The van der Waals surface area contributed by atoms with Crippen molar-refractivity contribution >= 4 is 23.8 Å². The molecule has 0 aromatic carbocycles. The Bertz CT molecular complexity index is 438. The summed E-state index contributed by atoms with van der Waals surface area (Å²) < 4.78 is 11.2. The number of nitrogens with zero attached hydrogens (tertiary/aromatic N) is 2. The summed E-state index contributed by atoms with van der Waals surface area (Å²) in [6.45, 7) is 9.57. The fourth-order valence-corrected chi connectivity index (χ4v) is 3.83. The third-order valence-electron chi connectivity index (χ3n) is 3.91. The summed E-state index contributed by atoms with van der Waals surface area (Å²) in [7, 11) is 0. The maximum atomic E-state index is 12.9. The Morgan fingerprint density at radius 3 is 2.74 bits per heavy atom. The zero-order chi connectivity index (χ0) is 17.0. The van der Waals surface area contributed by atoms with E-state index in [2.05, 4.69) is 6.92 Å². The number of rotatable bonds is 2. The fourth-order valence-electron chi connectivity index (χ4n) is 2.70. The second kappa shape index (κ2) is 7.75. The number of hydrogen-bond acceptors (Lipinski definition) is 5. The van der Waals surface area contributed by atoms with Gasteiger partial charge in [0.25, 0.3) is 0 Å². The van der Waals surface area contributed by atoms with E-state index in [0.29, 0.717) is 31.3 Å². The second-order valence-electron chi connectivity index (χ2n) is 7.00. The van der Waals surface area contributed by atoms with Gasteiger partial charge in [0.1, 0.15) is 11.6 Å². The number of amides is 2. The monoisotopic (exact) mass is 344 g/mol. The molecule has 2 fully saturated rings. The first-order valence-electron chi connectivity index (χ1n) is 8.29. The standard InChI is InChI=1S/C16H28N2O4S/c1-5-12-9-17(7-6-8-21-12)14(19)13-10-23-11-18(13)15(20)22-16(2,3)4/h12-13H,5-11H2,1-4H3/t12-,13+/m1/s1. The topological polar surface area (TPSA) is 59.1 Å². The number of thioether (sulfide) groups is 1. The molecule has 0 aromatic heterocycles. The van der Waals surface area contributed by atoms with Gasteiger partial charge in [0, 0.05) is 25.4 Å². The van der Waals surface area contributed by atoms with E-state index in [1.165, 1.54) is 0 Å². The molecule has 0 radical (unpaired) electrons. The average molecular weight is 344 g/mol. The number of hydrogen-bond donors (Lipinski definition) is 0. The third-order valence-corrected chi connectivity index (χ3v) is 4.92. The van der Waals surface area contributed by atoms with E-state index < -0.39 is 17.7 Å². The van der Waals surface area contributed by atoms with E-state index in [4.69, 9.17) is 9.47 Å².